The fourth-order valence-corrected chi connectivity index (χ4v) is 1.62. The molecule has 0 aliphatic heterocycles. The molecule has 5 nitrogen and oxygen atoms in total. The number of halogens is 1. The highest BCUT2D eigenvalue weighted by atomic mass is 79.9. The Morgan fingerprint density at radius 3 is 2.80 bits per heavy atom. The molecule has 1 aromatic heterocycles. The lowest BCUT2D eigenvalue weighted by Gasteiger charge is -2.20. The van der Waals surface area contributed by atoms with E-state index in [4.69, 9.17) is 10.8 Å². The smallest absolute Gasteiger partial charge is 0.228 e. The van der Waals surface area contributed by atoms with E-state index in [0.717, 1.165) is 13.1 Å². The zero-order chi connectivity index (χ0) is 11.3. The van der Waals surface area contributed by atoms with Crippen LogP contribution in [0.3, 0.4) is 0 Å². The molecule has 1 rings (SSSR count). The second-order valence-electron chi connectivity index (χ2n) is 3.07. The second kappa shape index (κ2) is 5.87. The molecule has 0 aliphatic rings. The van der Waals surface area contributed by atoms with E-state index in [-0.39, 0.29) is 6.61 Å². The van der Waals surface area contributed by atoms with Crippen LogP contribution < -0.4 is 10.6 Å². The molecule has 0 radical (unpaired) electrons. The van der Waals surface area contributed by atoms with Gasteiger partial charge in [0.05, 0.1) is 0 Å². The largest absolute Gasteiger partial charge is 0.396 e. The molecule has 84 valence electrons. The Hall–Kier alpha value is -0.880. The molecule has 0 saturated heterocycles. The van der Waals surface area contributed by atoms with E-state index >= 15 is 0 Å². The molecule has 0 aromatic carbocycles. The van der Waals surface area contributed by atoms with Crippen molar-refractivity contribution >= 4 is 27.7 Å². The Kier molecular flexibility index (Phi) is 4.77. The number of rotatable bonds is 5. The van der Waals surface area contributed by atoms with Crippen LogP contribution in [0.2, 0.25) is 0 Å². The topological polar surface area (TPSA) is 75.3 Å². The normalized spacial score (nSPS) is 10.3. The van der Waals surface area contributed by atoms with Crippen molar-refractivity contribution in [2.75, 3.05) is 30.3 Å². The van der Waals surface area contributed by atoms with Crippen LogP contribution in [0.1, 0.15) is 13.3 Å². The fourth-order valence-electron chi connectivity index (χ4n) is 1.23. The van der Waals surface area contributed by atoms with Gasteiger partial charge in [0, 0.05) is 25.8 Å². The molecule has 0 fully saturated rings. The summed E-state index contributed by atoms with van der Waals surface area (Å²) in [6.45, 7) is 3.69. The molecule has 0 saturated carbocycles. The van der Waals surface area contributed by atoms with Gasteiger partial charge < -0.3 is 15.7 Å². The lowest BCUT2D eigenvalue weighted by atomic mass is 10.4. The monoisotopic (exact) mass is 274 g/mol. The third-order valence-electron chi connectivity index (χ3n) is 1.95. The van der Waals surface area contributed by atoms with E-state index in [2.05, 4.69) is 25.9 Å². The third-order valence-corrected chi connectivity index (χ3v) is 2.36. The lowest BCUT2D eigenvalue weighted by molar-refractivity contribution is 0.289. The van der Waals surface area contributed by atoms with Gasteiger partial charge in [0.1, 0.15) is 10.4 Å². The van der Waals surface area contributed by atoms with Gasteiger partial charge in [0.15, 0.2) is 0 Å². The summed E-state index contributed by atoms with van der Waals surface area (Å²) in [4.78, 5) is 10.3. The van der Waals surface area contributed by atoms with Crippen LogP contribution in [0.4, 0.5) is 11.8 Å². The maximum Gasteiger partial charge on any atom is 0.228 e. The Morgan fingerprint density at radius 1 is 1.53 bits per heavy atom. The van der Waals surface area contributed by atoms with Crippen molar-refractivity contribution in [3.63, 3.8) is 0 Å². The van der Waals surface area contributed by atoms with Crippen LogP contribution in [-0.4, -0.2) is 34.8 Å². The van der Waals surface area contributed by atoms with E-state index in [1.807, 2.05) is 11.8 Å². The number of anilines is 2. The van der Waals surface area contributed by atoms with Crippen LogP contribution >= 0.6 is 15.9 Å². The minimum atomic E-state index is 0.167. The number of aromatic nitrogens is 2. The van der Waals surface area contributed by atoms with Crippen molar-refractivity contribution in [3.05, 3.63) is 10.7 Å². The van der Waals surface area contributed by atoms with Gasteiger partial charge in [-0.1, -0.05) is 0 Å². The first-order chi connectivity index (χ1) is 7.17. The van der Waals surface area contributed by atoms with Crippen LogP contribution in [0.5, 0.6) is 0 Å². The van der Waals surface area contributed by atoms with Crippen LogP contribution in [0.15, 0.2) is 10.7 Å². The Bertz CT molecular complexity index is 301. The summed E-state index contributed by atoms with van der Waals surface area (Å²) < 4.78 is 0.674. The maximum absolute atomic E-state index is 8.77. The molecule has 0 spiro atoms. The predicted octanol–water partition coefficient (Wildman–Crippen LogP) is 1.03. The molecular weight excluding hydrogens is 260 g/mol. The van der Waals surface area contributed by atoms with E-state index in [1.54, 1.807) is 6.07 Å². The van der Waals surface area contributed by atoms with Crippen molar-refractivity contribution in [1.29, 1.82) is 0 Å². The van der Waals surface area contributed by atoms with Gasteiger partial charge >= 0.3 is 0 Å². The highest BCUT2D eigenvalue weighted by molar-refractivity contribution is 9.10. The SMILES string of the molecule is CCN(CCCO)c1nc(N)cc(Br)n1. The molecule has 1 aromatic rings. The third kappa shape index (κ3) is 3.64. The maximum atomic E-state index is 8.77. The quantitative estimate of drug-likeness (QED) is 0.785. The van der Waals surface area contributed by atoms with E-state index in [1.165, 1.54) is 0 Å². The second-order valence-corrected chi connectivity index (χ2v) is 3.88. The molecule has 0 bridgehead atoms. The van der Waals surface area contributed by atoms with Crippen molar-refractivity contribution in [2.45, 2.75) is 13.3 Å². The average molecular weight is 275 g/mol. The molecule has 3 N–H and O–H groups in total. The molecular formula is C9H15BrN4O. The van der Waals surface area contributed by atoms with Gasteiger partial charge in [-0.05, 0) is 29.3 Å². The fraction of sp³-hybridized carbons (Fsp3) is 0.556. The Balaban J connectivity index is 2.81. The predicted molar refractivity (Wildman–Crippen MR) is 63.7 cm³/mol. The zero-order valence-corrected chi connectivity index (χ0v) is 10.2. The summed E-state index contributed by atoms with van der Waals surface area (Å²) in [5.41, 5.74) is 5.62. The number of nitrogens with two attached hydrogens (primary N) is 1. The van der Waals surface area contributed by atoms with Crippen LogP contribution in [-0.2, 0) is 0 Å². The number of hydrogen-bond donors (Lipinski definition) is 2. The summed E-state index contributed by atoms with van der Waals surface area (Å²) in [7, 11) is 0. The van der Waals surface area contributed by atoms with Gasteiger partial charge in [-0.15, -0.1) is 0 Å². The minimum absolute atomic E-state index is 0.167. The zero-order valence-electron chi connectivity index (χ0n) is 8.65. The Morgan fingerprint density at radius 2 is 2.27 bits per heavy atom. The van der Waals surface area contributed by atoms with Gasteiger partial charge in [0.25, 0.3) is 0 Å². The lowest BCUT2D eigenvalue weighted by Crippen LogP contribution is -2.26. The summed E-state index contributed by atoms with van der Waals surface area (Å²) >= 11 is 3.27. The van der Waals surface area contributed by atoms with Crippen molar-refractivity contribution in [3.8, 4) is 0 Å². The summed E-state index contributed by atoms with van der Waals surface area (Å²) in [5.74, 6) is 1.03. The van der Waals surface area contributed by atoms with Gasteiger partial charge in [-0.2, -0.15) is 4.98 Å². The average Bonchev–Trinajstić information content (AvgIpc) is 2.17. The summed E-state index contributed by atoms with van der Waals surface area (Å²) in [6.07, 6.45) is 0.698. The highest BCUT2D eigenvalue weighted by Gasteiger charge is 2.08. The van der Waals surface area contributed by atoms with Crippen molar-refractivity contribution in [1.82, 2.24) is 9.97 Å². The van der Waals surface area contributed by atoms with E-state index in [0.29, 0.717) is 22.8 Å². The number of nitrogens with zero attached hydrogens (tertiary/aromatic N) is 3. The van der Waals surface area contributed by atoms with E-state index < -0.39 is 0 Å². The number of hydrogen-bond acceptors (Lipinski definition) is 5. The molecule has 15 heavy (non-hydrogen) atoms. The van der Waals surface area contributed by atoms with Crippen LogP contribution in [0.25, 0.3) is 0 Å². The molecule has 0 aliphatic carbocycles. The standard InChI is InChI=1S/C9H15BrN4O/c1-2-14(4-3-5-15)9-12-7(10)6-8(11)13-9/h6,15H,2-5H2,1H3,(H2,11,12,13). The summed E-state index contributed by atoms with van der Waals surface area (Å²) in [6, 6.07) is 1.66. The highest BCUT2D eigenvalue weighted by Crippen LogP contribution is 2.15. The molecule has 1 heterocycles. The summed E-state index contributed by atoms with van der Waals surface area (Å²) in [5, 5.41) is 8.77. The first kappa shape index (κ1) is 12.2. The minimum Gasteiger partial charge on any atom is -0.396 e. The number of aliphatic hydroxyl groups excluding tert-OH is 1. The van der Waals surface area contributed by atoms with Gasteiger partial charge in [-0.25, -0.2) is 4.98 Å². The first-order valence-corrected chi connectivity index (χ1v) is 5.62. The molecule has 6 heteroatoms. The molecule has 0 unspecified atom stereocenters. The van der Waals surface area contributed by atoms with Crippen LogP contribution in [0, 0.1) is 0 Å². The first-order valence-electron chi connectivity index (χ1n) is 4.83. The van der Waals surface area contributed by atoms with Gasteiger partial charge in [0.2, 0.25) is 5.95 Å². The Labute approximate surface area is 97.5 Å². The van der Waals surface area contributed by atoms with Crippen molar-refractivity contribution < 1.29 is 5.11 Å². The number of nitrogen functional groups attached to an aromatic ring is 1. The van der Waals surface area contributed by atoms with E-state index in [9.17, 15) is 0 Å². The number of aliphatic hydroxyl groups is 1. The van der Waals surface area contributed by atoms with Gasteiger partial charge in [-0.3, -0.25) is 0 Å². The van der Waals surface area contributed by atoms with Crippen molar-refractivity contribution in [2.24, 2.45) is 0 Å². The molecule has 0 atom stereocenters. The molecule has 0 amide bonds.